The minimum Gasteiger partial charge on any atom is -0.479 e. The molecule has 0 saturated carbocycles. The van der Waals surface area contributed by atoms with Crippen molar-refractivity contribution in [2.75, 3.05) is 13.2 Å². The lowest BCUT2D eigenvalue weighted by atomic mass is 9.98. The van der Waals surface area contributed by atoms with Crippen LogP contribution in [0.2, 0.25) is 0 Å². The Labute approximate surface area is 180 Å². The molecule has 3 rings (SSSR count). The molecule has 8 nitrogen and oxygen atoms in total. The average molecular weight is 426 g/mol. The quantitative estimate of drug-likeness (QED) is 0.513. The summed E-state index contributed by atoms with van der Waals surface area (Å²) < 4.78 is 5.45. The summed E-state index contributed by atoms with van der Waals surface area (Å²) in [6, 6.07) is 16.0. The molecule has 0 saturated heterocycles. The van der Waals surface area contributed by atoms with Gasteiger partial charge in [-0.25, -0.2) is 9.59 Å². The van der Waals surface area contributed by atoms with Crippen LogP contribution in [0.15, 0.2) is 48.5 Å². The molecule has 0 bridgehead atoms. The molecular weight excluding hydrogens is 400 g/mol. The second-order valence-corrected chi connectivity index (χ2v) is 7.97. The van der Waals surface area contributed by atoms with Gasteiger partial charge in [-0.1, -0.05) is 48.5 Å². The first-order valence-electron chi connectivity index (χ1n) is 10.0. The molecule has 1 aliphatic carbocycles. The third kappa shape index (κ3) is 5.03. The number of hydrogen-bond donors (Lipinski definition) is 4. The number of carboxylic acids is 1. The van der Waals surface area contributed by atoms with E-state index in [9.17, 15) is 19.5 Å². The maximum atomic E-state index is 12.4. The molecule has 0 fully saturated rings. The van der Waals surface area contributed by atoms with Crippen LogP contribution in [0.5, 0.6) is 0 Å². The van der Waals surface area contributed by atoms with Crippen molar-refractivity contribution in [2.24, 2.45) is 0 Å². The molecule has 1 aliphatic rings. The number of alkyl carbamates (subject to hydrolysis) is 1. The molecule has 1 atom stereocenters. The van der Waals surface area contributed by atoms with Crippen molar-refractivity contribution in [3.05, 3.63) is 59.7 Å². The first kappa shape index (κ1) is 22.3. The third-order valence-electron chi connectivity index (χ3n) is 5.31. The van der Waals surface area contributed by atoms with Gasteiger partial charge in [0, 0.05) is 18.9 Å². The standard InChI is InChI=1S/C23H26N2O6/c1-23(2,21(29)24-12-11-19(26)20(27)28)25-22(30)31-13-18-16-9-5-3-7-14(16)15-8-4-6-10-17(15)18/h3-10,18-19,26H,11-13H2,1-2H3,(H,24,29)(H,25,30)(H,27,28). The summed E-state index contributed by atoms with van der Waals surface area (Å²) >= 11 is 0. The number of aliphatic hydroxyl groups excluding tert-OH is 1. The van der Waals surface area contributed by atoms with Crippen LogP contribution in [0, 0.1) is 0 Å². The van der Waals surface area contributed by atoms with Crippen molar-refractivity contribution < 1.29 is 29.3 Å². The molecule has 0 aliphatic heterocycles. The number of amides is 2. The van der Waals surface area contributed by atoms with Crippen molar-refractivity contribution in [3.8, 4) is 11.1 Å². The molecule has 0 heterocycles. The van der Waals surface area contributed by atoms with E-state index in [1.165, 1.54) is 13.8 Å². The zero-order chi connectivity index (χ0) is 22.6. The molecule has 0 aromatic heterocycles. The summed E-state index contributed by atoms with van der Waals surface area (Å²) in [5.74, 6) is -1.96. The van der Waals surface area contributed by atoms with Crippen molar-refractivity contribution in [2.45, 2.75) is 37.8 Å². The van der Waals surface area contributed by atoms with Gasteiger partial charge < -0.3 is 25.6 Å². The third-order valence-corrected chi connectivity index (χ3v) is 5.31. The van der Waals surface area contributed by atoms with E-state index in [2.05, 4.69) is 10.6 Å². The first-order valence-corrected chi connectivity index (χ1v) is 10.0. The minimum atomic E-state index is -1.56. The van der Waals surface area contributed by atoms with Crippen LogP contribution < -0.4 is 10.6 Å². The Bertz CT molecular complexity index is 942. The number of ether oxygens (including phenoxy) is 1. The largest absolute Gasteiger partial charge is 0.479 e. The lowest BCUT2D eigenvalue weighted by molar-refractivity contribution is -0.147. The van der Waals surface area contributed by atoms with Crippen LogP contribution in [0.25, 0.3) is 11.1 Å². The molecule has 0 radical (unpaired) electrons. The van der Waals surface area contributed by atoms with Gasteiger partial charge in [0.25, 0.3) is 0 Å². The van der Waals surface area contributed by atoms with E-state index in [-0.39, 0.29) is 25.5 Å². The lowest BCUT2D eigenvalue weighted by Crippen LogP contribution is -2.55. The summed E-state index contributed by atoms with van der Waals surface area (Å²) in [6.07, 6.45) is -2.42. The summed E-state index contributed by atoms with van der Waals surface area (Å²) in [6.45, 7) is 3.11. The van der Waals surface area contributed by atoms with Crippen LogP contribution in [-0.2, 0) is 14.3 Å². The predicted molar refractivity (Wildman–Crippen MR) is 114 cm³/mol. The Hall–Kier alpha value is -3.39. The molecule has 4 N–H and O–H groups in total. The normalized spacial score (nSPS) is 13.6. The van der Waals surface area contributed by atoms with Crippen molar-refractivity contribution in [3.63, 3.8) is 0 Å². The number of benzene rings is 2. The van der Waals surface area contributed by atoms with E-state index in [0.717, 1.165) is 22.3 Å². The summed E-state index contributed by atoms with van der Waals surface area (Å²) in [4.78, 5) is 35.3. The molecule has 0 spiro atoms. The van der Waals surface area contributed by atoms with E-state index >= 15 is 0 Å². The van der Waals surface area contributed by atoms with E-state index in [1.807, 2.05) is 48.5 Å². The number of aliphatic hydroxyl groups is 1. The van der Waals surface area contributed by atoms with Gasteiger partial charge in [-0.2, -0.15) is 0 Å². The maximum Gasteiger partial charge on any atom is 0.408 e. The monoisotopic (exact) mass is 426 g/mol. The highest BCUT2D eigenvalue weighted by Crippen LogP contribution is 2.44. The summed E-state index contributed by atoms with van der Waals surface area (Å²) in [5, 5.41) is 23.0. The molecule has 31 heavy (non-hydrogen) atoms. The Morgan fingerprint density at radius 1 is 1.03 bits per heavy atom. The smallest absolute Gasteiger partial charge is 0.408 e. The van der Waals surface area contributed by atoms with Crippen LogP contribution in [0.1, 0.15) is 37.3 Å². The molecule has 2 aromatic rings. The molecule has 1 unspecified atom stereocenters. The van der Waals surface area contributed by atoms with E-state index in [0.29, 0.717) is 0 Å². The summed E-state index contributed by atoms with van der Waals surface area (Å²) in [7, 11) is 0. The topological polar surface area (TPSA) is 125 Å². The fourth-order valence-electron chi connectivity index (χ4n) is 3.61. The number of aliphatic carboxylic acids is 1. The molecule has 2 amide bonds. The molecule has 2 aromatic carbocycles. The highest BCUT2D eigenvalue weighted by molar-refractivity contribution is 5.89. The number of carboxylic acid groups (broad SMARTS) is 1. The molecular formula is C23H26N2O6. The number of hydrogen-bond acceptors (Lipinski definition) is 5. The van der Waals surface area contributed by atoms with Crippen molar-refractivity contribution in [1.29, 1.82) is 0 Å². The van der Waals surface area contributed by atoms with Gasteiger partial charge in [0.2, 0.25) is 5.91 Å². The fraction of sp³-hybridized carbons (Fsp3) is 0.348. The summed E-state index contributed by atoms with van der Waals surface area (Å²) in [5.41, 5.74) is 3.14. The average Bonchev–Trinajstić information content (AvgIpc) is 3.05. The van der Waals surface area contributed by atoms with E-state index in [1.54, 1.807) is 0 Å². The highest BCUT2D eigenvalue weighted by Gasteiger charge is 2.32. The van der Waals surface area contributed by atoms with Gasteiger partial charge in [0.05, 0.1) is 0 Å². The van der Waals surface area contributed by atoms with Crippen LogP contribution in [0.3, 0.4) is 0 Å². The van der Waals surface area contributed by atoms with Gasteiger partial charge in [0.15, 0.2) is 6.10 Å². The number of carbonyl (C=O) groups excluding carboxylic acids is 2. The predicted octanol–water partition coefficient (Wildman–Crippen LogP) is 2.26. The van der Waals surface area contributed by atoms with Gasteiger partial charge >= 0.3 is 12.1 Å². The van der Waals surface area contributed by atoms with E-state index < -0.39 is 29.6 Å². The minimum absolute atomic E-state index is 0.0396. The van der Waals surface area contributed by atoms with Crippen LogP contribution in [-0.4, -0.2) is 53.0 Å². The van der Waals surface area contributed by atoms with Gasteiger partial charge in [-0.15, -0.1) is 0 Å². The number of nitrogens with one attached hydrogen (secondary N) is 2. The number of carbonyl (C=O) groups is 3. The second kappa shape index (κ2) is 9.18. The fourth-order valence-corrected chi connectivity index (χ4v) is 3.61. The Morgan fingerprint density at radius 2 is 1.58 bits per heavy atom. The SMILES string of the molecule is CC(C)(NC(=O)OCC1c2ccccc2-c2ccccc21)C(=O)NCCC(O)C(=O)O. The zero-order valence-corrected chi connectivity index (χ0v) is 17.4. The van der Waals surface area contributed by atoms with Gasteiger partial charge in [-0.3, -0.25) is 4.79 Å². The number of rotatable bonds is 8. The molecule has 8 heteroatoms. The maximum absolute atomic E-state index is 12.4. The Morgan fingerprint density at radius 3 is 2.13 bits per heavy atom. The lowest BCUT2D eigenvalue weighted by Gasteiger charge is -2.25. The second-order valence-electron chi connectivity index (χ2n) is 7.97. The molecule has 164 valence electrons. The highest BCUT2D eigenvalue weighted by atomic mass is 16.5. The zero-order valence-electron chi connectivity index (χ0n) is 17.4. The van der Waals surface area contributed by atoms with Crippen LogP contribution in [0.4, 0.5) is 4.79 Å². The van der Waals surface area contributed by atoms with Gasteiger partial charge in [-0.05, 0) is 36.1 Å². The first-order chi connectivity index (χ1) is 14.7. The Kier molecular flexibility index (Phi) is 6.60. The van der Waals surface area contributed by atoms with Crippen molar-refractivity contribution in [1.82, 2.24) is 10.6 Å². The van der Waals surface area contributed by atoms with Crippen LogP contribution >= 0.6 is 0 Å². The van der Waals surface area contributed by atoms with Gasteiger partial charge in [0.1, 0.15) is 12.1 Å². The Balaban J connectivity index is 1.56. The number of fused-ring (bicyclic) bond motifs is 3. The van der Waals surface area contributed by atoms with E-state index in [4.69, 9.17) is 9.84 Å². The van der Waals surface area contributed by atoms with Crippen molar-refractivity contribution >= 4 is 18.0 Å².